The molecule has 2 heteroatoms. The van der Waals surface area contributed by atoms with E-state index in [0.717, 1.165) is 12.1 Å². The van der Waals surface area contributed by atoms with E-state index in [2.05, 4.69) is 44.7 Å². The summed E-state index contributed by atoms with van der Waals surface area (Å²) in [4.78, 5) is 2.13. The lowest BCUT2D eigenvalue weighted by Crippen LogP contribution is -2.25. The van der Waals surface area contributed by atoms with Crippen LogP contribution >= 0.6 is 0 Å². The summed E-state index contributed by atoms with van der Waals surface area (Å²) in [6, 6.07) is 4.27. The van der Waals surface area contributed by atoms with Crippen molar-refractivity contribution in [3.05, 3.63) is 34.4 Å². The SMILES string of the molecule is CCN(C)CC(O)c1c(C)cc(C)cc1C. The van der Waals surface area contributed by atoms with Crippen LogP contribution in [0, 0.1) is 20.8 Å². The Balaban J connectivity index is 2.95. The van der Waals surface area contributed by atoms with E-state index in [1.54, 1.807) is 0 Å². The van der Waals surface area contributed by atoms with Gasteiger partial charge in [0.25, 0.3) is 0 Å². The number of nitrogens with zero attached hydrogens (tertiary/aromatic N) is 1. The summed E-state index contributed by atoms with van der Waals surface area (Å²) in [5.74, 6) is 0. The lowest BCUT2D eigenvalue weighted by molar-refractivity contribution is 0.128. The Labute approximate surface area is 98.9 Å². The maximum atomic E-state index is 10.2. The molecule has 16 heavy (non-hydrogen) atoms. The minimum Gasteiger partial charge on any atom is -0.387 e. The number of hydrogen-bond acceptors (Lipinski definition) is 2. The zero-order valence-electron chi connectivity index (χ0n) is 11.0. The Morgan fingerprint density at radius 1 is 1.19 bits per heavy atom. The Kier molecular flexibility index (Phi) is 4.51. The van der Waals surface area contributed by atoms with Crippen molar-refractivity contribution < 1.29 is 5.11 Å². The van der Waals surface area contributed by atoms with Crippen LogP contribution in [0.25, 0.3) is 0 Å². The van der Waals surface area contributed by atoms with Crippen LogP contribution in [-0.2, 0) is 0 Å². The van der Waals surface area contributed by atoms with E-state index in [1.807, 2.05) is 7.05 Å². The first-order chi connectivity index (χ1) is 7.45. The Morgan fingerprint density at radius 3 is 2.12 bits per heavy atom. The van der Waals surface area contributed by atoms with Crippen molar-refractivity contribution in [3.8, 4) is 0 Å². The number of benzene rings is 1. The van der Waals surface area contributed by atoms with Crippen LogP contribution in [0.2, 0.25) is 0 Å². The first-order valence-corrected chi connectivity index (χ1v) is 5.90. The van der Waals surface area contributed by atoms with Crippen LogP contribution < -0.4 is 0 Å². The van der Waals surface area contributed by atoms with Crippen molar-refractivity contribution in [2.24, 2.45) is 0 Å². The number of aliphatic hydroxyl groups is 1. The molecule has 0 amide bonds. The molecule has 0 heterocycles. The van der Waals surface area contributed by atoms with Crippen molar-refractivity contribution in [2.45, 2.75) is 33.8 Å². The van der Waals surface area contributed by atoms with Crippen LogP contribution in [0.3, 0.4) is 0 Å². The van der Waals surface area contributed by atoms with E-state index in [1.165, 1.54) is 16.7 Å². The smallest absolute Gasteiger partial charge is 0.0921 e. The molecule has 1 aromatic carbocycles. The van der Waals surface area contributed by atoms with Gasteiger partial charge in [0, 0.05) is 6.54 Å². The number of likely N-dealkylation sites (N-methyl/N-ethyl adjacent to an activating group) is 1. The molecule has 2 nitrogen and oxygen atoms in total. The van der Waals surface area contributed by atoms with Crippen LogP contribution in [-0.4, -0.2) is 30.1 Å². The van der Waals surface area contributed by atoms with Crippen molar-refractivity contribution in [3.63, 3.8) is 0 Å². The third kappa shape index (κ3) is 3.06. The van der Waals surface area contributed by atoms with Gasteiger partial charge in [0.15, 0.2) is 0 Å². The molecule has 0 bridgehead atoms. The van der Waals surface area contributed by atoms with Crippen molar-refractivity contribution >= 4 is 0 Å². The third-order valence-corrected chi connectivity index (χ3v) is 3.10. The molecule has 0 aromatic heterocycles. The molecule has 0 saturated heterocycles. The molecule has 0 spiro atoms. The van der Waals surface area contributed by atoms with Gasteiger partial charge in [-0.25, -0.2) is 0 Å². The van der Waals surface area contributed by atoms with Crippen LogP contribution in [0.5, 0.6) is 0 Å². The highest BCUT2D eigenvalue weighted by Gasteiger charge is 2.14. The highest BCUT2D eigenvalue weighted by atomic mass is 16.3. The first kappa shape index (κ1) is 13.2. The third-order valence-electron chi connectivity index (χ3n) is 3.10. The van der Waals surface area contributed by atoms with Crippen molar-refractivity contribution in [1.82, 2.24) is 4.90 Å². The molecule has 0 radical (unpaired) electrons. The van der Waals surface area contributed by atoms with E-state index in [9.17, 15) is 5.11 Å². The molecular formula is C14H23NO. The van der Waals surface area contributed by atoms with Gasteiger partial charge in [-0.2, -0.15) is 0 Å². The lowest BCUT2D eigenvalue weighted by Gasteiger charge is -2.22. The Hall–Kier alpha value is -0.860. The summed E-state index contributed by atoms with van der Waals surface area (Å²) < 4.78 is 0. The van der Waals surface area contributed by atoms with Crippen LogP contribution in [0.15, 0.2) is 12.1 Å². The summed E-state index contributed by atoms with van der Waals surface area (Å²) in [6.45, 7) is 9.99. The first-order valence-electron chi connectivity index (χ1n) is 5.90. The van der Waals surface area contributed by atoms with Gasteiger partial charge >= 0.3 is 0 Å². The predicted molar refractivity (Wildman–Crippen MR) is 68.8 cm³/mol. The molecule has 1 atom stereocenters. The summed E-state index contributed by atoms with van der Waals surface area (Å²) in [5.41, 5.74) is 4.73. The second kappa shape index (κ2) is 5.46. The average Bonchev–Trinajstić information content (AvgIpc) is 2.15. The minimum absolute atomic E-state index is 0.384. The van der Waals surface area contributed by atoms with Crippen molar-refractivity contribution in [1.29, 1.82) is 0 Å². The van der Waals surface area contributed by atoms with Gasteiger partial charge in [0.2, 0.25) is 0 Å². The number of hydrogen-bond donors (Lipinski definition) is 1. The number of aryl methyl sites for hydroxylation is 3. The highest BCUT2D eigenvalue weighted by molar-refractivity contribution is 5.39. The molecule has 90 valence electrons. The molecule has 0 aliphatic heterocycles. The van der Waals surface area contributed by atoms with Gasteiger partial charge < -0.3 is 10.0 Å². The fraction of sp³-hybridized carbons (Fsp3) is 0.571. The van der Waals surface area contributed by atoms with Crippen LogP contribution in [0.4, 0.5) is 0 Å². The van der Waals surface area contributed by atoms with E-state index in [4.69, 9.17) is 0 Å². The molecule has 1 aromatic rings. The van der Waals surface area contributed by atoms with E-state index in [-0.39, 0.29) is 6.10 Å². The largest absolute Gasteiger partial charge is 0.387 e. The fourth-order valence-electron chi connectivity index (χ4n) is 2.23. The van der Waals surface area contributed by atoms with Gasteiger partial charge in [-0.15, -0.1) is 0 Å². The van der Waals surface area contributed by atoms with Crippen molar-refractivity contribution in [2.75, 3.05) is 20.1 Å². The maximum Gasteiger partial charge on any atom is 0.0921 e. The second-order valence-electron chi connectivity index (χ2n) is 4.68. The maximum absolute atomic E-state index is 10.2. The number of rotatable bonds is 4. The van der Waals surface area contributed by atoms with Gasteiger partial charge in [-0.05, 0) is 51.1 Å². The molecule has 1 rings (SSSR count). The Morgan fingerprint density at radius 2 is 1.69 bits per heavy atom. The topological polar surface area (TPSA) is 23.5 Å². The molecule has 0 aliphatic rings. The zero-order chi connectivity index (χ0) is 12.3. The summed E-state index contributed by atoms with van der Waals surface area (Å²) in [6.07, 6.45) is -0.384. The van der Waals surface area contributed by atoms with E-state index in [0.29, 0.717) is 6.54 Å². The quantitative estimate of drug-likeness (QED) is 0.844. The van der Waals surface area contributed by atoms with Gasteiger partial charge in [-0.1, -0.05) is 24.6 Å². The second-order valence-corrected chi connectivity index (χ2v) is 4.68. The number of aliphatic hydroxyl groups excluding tert-OH is 1. The normalized spacial score (nSPS) is 13.2. The molecule has 1 N–H and O–H groups in total. The summed E-state index contributed by atoms with van der Waals surface area (Å²) >= 11 is 0. The fourth-order valence-corrected chi connectivity index (χ4v) is 2.23. The predicted octanol–water partition coefficient (Wildman–Crippen LogP) is 2.60. The van der Waals surface area contributed by atoms with Gasteiger partial charge in [0.1, 0.15) is 0 Å². The standard InChI is InChI=1S/C14H23NO/c1-6-15(5)9-13(16)14-11(3)7-10(2)8-12(14)4/h7-8,13,16H,6,9H2,1-5H3. The van der Waals surface area contributed by atoms with Gasteiger partial charge in [0.05, 0.1) is 6.10 Å². The van der Waals surface area contributed by atoms with E-state index >= 15 is 0 Å². The summed E-state index contributed by atoms with van der Waals surface area (Å²) in [7, 11) is 2.03. The Bertz CT molecular complexity index is 337. The molecule has 1 unspecified atom stereocenters. The highest BCUT2D eigenvalue weighted by Crippen LogP contribution is 2.23. The average molecular weight is 221 g/mol. The lowest BCUT2D eigenvalue weighted by atomic mass is 9.95. The van der Waals surface area contributed by atoms with Crippen LogP contribution in [0.1, 0.15) is 35.3 Å². The van der Waals surface area contributed by atoms with Gasteiger partial charge in [-0.3, -0.25) is 0 Å². The zero-order valence-corrected chi connectivity index (χ0v) is 11.0. The van der Waals surface area contributed by atoms with E-state index < -0.39 is 0 Å². The minimum atomic E-state index is -0.384. The molecular weight excluding hydrogens is 198 g/mol. The molecule has 0 fully saturated rings. The summed E-state index contributed by atoms with van der Waals surface area (Å²) in [5, 5.41) is 10.2. The molecule has 0 aliphatic carbocycles. The molecule has 0 saturated carbocycles. The monoisotopic (exact) mass is 221 g/mol.